The van der Waals surface area contributed by atoms with Gasteiger partial charge in [0.05, 0.1) is 27.8 Å². The number of nitrogens with zero attached hydrogens (tertiary/aromatic N) is 5. The van der Waals surface area contributed by atoms with E-state index in [4.69, 9.17) is 15.0 Å². The Hall–Kier alpha value is -9.19. The van der Waals surface area contributed by atoms with E-state index in [-0.39, 0.29) is 0 Å². The molecule has 0 bridgehead atoms. The van der Waals surface area contributed by atoms with Crippen molar-refractivity contribution in [2.24, 2.45) is 0 Å². The minimum Gasteiger partial charge on any atom is -0.309 e. The molecule has 0 N–H and O–H groups in total. The minimum atomic E-state index is 0.599. The van der Waals surface area contributed by atoms with Gasteiger partial charge < -0.3 is 9.13 Å². The van der Waals surface area contributed by atoms with Crippen molar-refractivity contribution in [2.75, 3.05) is 0 Å². The van der Waals surface area contributed by atoms with Gasteiger partial charge in [0.15, 0.2) is 17.5 Å². The van der Waals surface area contributed by atoms with Crippen LogP contribution >= 0.6 is 0 Å². The van der Waals surface area contributed by atoms with Gasteiger partial charge in [-0.05, 0) is 94.5 Å². The molecule has 3 heterocycles. The molecule has 0 atom stereocenters. The molecule has 318 valence electrons. The fourth-order valence-electron chi connectivity index (χ4n) is 9.96. The van der Waals surface area contributed by atoms with E-state index < -0.39 is 0 Å². The predicted octanol–water partition coefficient (Wildman–Crippen LogP) is 16.1. The molecule has 0 saturated heterocycles. The zero-order valence-corrected chi connectivity index (χ0v) is 36.9. The summed E-state index contributed by atoms with van der Waals surface area (Å²) in [6, 6.07) is 88.3. The van der Waals surface area contributed by atoms with Gasteiger partial charge in [0.2, 0.25) is 0 Å². The van der Waals surface area contributed by atoms with Crippen LogP contribution in [0.4, 0.5) is 0 Å². The van der Waals surface area contributed by atoms with Gasteiger partial charge in [-0.1, -0.05) is 182 Å². The second-order valence-corrected chi connectivity index (χ2v) is 17.2. The molecule has 13 rings (SSSR count). The van der Waals surface area contributed by atoms with Crippen LogP contribution in [-0.4, -0.2) is 24.1 Å². The van der Waals surface area contributed by atoms with E-state index in [1.165, 1.54) is 43.8 Å². The lowest BCUT2D eigenvalue weighted by molar-refractivity contribution is 1.07. The zero-order chi connectivity index (χ0) is 45.0. The van der Waals surface area contributed by atoms with Crippen molar-refractivity contribution >= 4 is 43.6 Å². The maximum Gasteiger partial charge on any atom is 0.164 e. The minimum absolute atomic E-state index is 0.599. The highest BCUT2D eigenvalue weighted by molar-refractivity contribution is 6.12. The summed E-state index contributed by atoms with van der Waals surface area (Å²) in [6.45, 7) is 0. The molecule has 68 heavy (non-hydrogen) atoms. The summed E-state index contributed by atoms with van der Waals surface area (Å²) in [6.07, 6.45) is 0. The summed E-state index contributed by atoms with van der Waals surface area (Å²) in [5.41, 5.74) is 16.3. The number of para-hydroxylation sites is 2. The molecular weight excluding hydrogens is 827 g/mol. The Labute approximate surface area is 393 Å². The average Bonchev–Trinajstić information content (AvgIpc) is 3.94. The highest BCUT2D eigenvalue weighted by Gasteiger charge is 2.21. The summed E-state index contributed by atoms with van der Waals surface area (Å²) < 4.78 is 4.76. The highest BCUT2D eigenvalue weighted by Crippen LogP contribution is 2.41. The monoisotopic (exact) mass is 867 g/mol. The van der Waals surface area contributed by atoms with Crippen LogP contribution in [0.1, 0.15) is 0 Å². The number of benzene rings is 10. The first-order valence-electron chi connectivity index (χ1n) is 23.0. The molecule has 13 aromatic rings. The number of hydrogen-bond donors (Lipinski definition) is 0. The van der Waals surface area contributed by atoms with Crippen molar-refractivity contribution in [3.63, 3.8) is 0 Å². The maximum absolute atomic E-state index is 5.31. The van der Waals surface area contributed by atoms with Crippen LogP contribution in [0.3, 0.4) is 0 Å². The largest absolute Gasteiger partial charge is 0.309 e. The van der Waals surface area contributed by atoms with Crippen LogP contribution in [0.25, 0.3) is 123 Å². The molecule has 10 aromatic carbocycles. The quantitative estimate of drug-likeness (QED) is 0.153. The molecule has 0 fully saturated rings. The summed E-state index contributed by atoms with van der Waals surface area (Å²) >= 11 is 0. The third kappa shape index (κ3) is 6.76. The van der Waals surface area contributed by atoms with E-state index in [1.54, 1.807) is 0 Å². The van der Waals surface area contributed by atoms with E-state index in [2.05, 4.69) is 240 Å². The number of fused-ring (bicyclic) bond motifs is 6. The normalized spacial score (nSPS) is 11.5. The number of rotatable bonds is 8. The molecule has 0 amide bonds. The Balaban J connectivity index is 1.01. The van der Waals surface area contributed by atoms with Gasteiger partial charge in [-0.2, -0.15) is 0 Å². The molecule has 0 aliphatic carbocycles. The fourth-order valence-corrected chi connectivity index (χ4v) is 9.96. The lowest BCUT2D eigenvalue weighted by Gasteiger charge is -2.16. The predicted molar refractivity (Wildman–Crippen MR) is 281 cm³/mol. The van der Waals surface area contributed by atoms with Gasteiger partial charge in [-0.3, -0.25) is 0 Å². The highest BCUT2D eigenvalue weighted by atomic mass is 15.0. The molecule has 0 aliphatic rings. The Morgan fingerprint density at radius 1 is 0.235 bits per heavy atom. The molecule has 5 heteroatoms. The number of hydrogen-bond acceptors (Lipinski definition) is 3. The van der Waals surface area contributed by atoms with Crippen LogP contribution < -0.4 is 0 Å². The molecule has 0 spiro atoms. The standard InChI is InChI=1S/C63H41N5/c1-5-18-42(19-6-1)46-32-35-59-54(39-46)55-40-47(43-20-7-2-8-21-43)33-36-60(55)68(59)58-37-34-49(41-53(58)44-22-9-3-10-23-44)63-65-61(45-24-11-4-12-25-45)64-62(66-63)48-26-17-27-50(38-48)67-56-30-15-13-28-51(56)52-29-14-16-31-57(52)67/h1-41H. The summed E-state index contributed by atoms with van der Waals surface area (Å²) in [5, 5.41) is 4.82. The second-order valence-electron chi connectivity index (χ2n) is 17.2. The van der Waals surface area contributed by atoms with Crippen molar-refractivity contribution in [1.82, 2.24) is 24.1 Å². The molecule has 3 aromatic heterocycles. The molecule has 0 unspecified atom stereocenters. The van der Waals surface area contributed by atoms with Crippen LogP contribution in [0, 0.1) is 0 Å². The first-order valence-corrected chi connectivity index (χ1v) is 23.0. The third-order valence-electron chi connectivity index (χ3n) is 13.2. The molecule has 5 nitrogen and oxygen atoms in total. The van der Waals surface area contributed by atoms with Crippen molar-refractivity contribution < 1.29 is 0 Å². The maximum atomic E-state index is 5.31. The van der Waals surface area contributed by atoms with E-state index in [0.717, 1.165) is 61.3 Å². The van der Waals surface area contributed by atoms with Gasteiger partial charge in [0.25, 0.3) is 0 Å². The fraction of sp³-hybridized carbons (Fsp3) is 0. The molecular formula is C63H41N5. The smallest absolute Gasteiger partial charge is 0.164 e. The topological polar surface area (TPSA) is 48.5 Å². The SMILES string of the molecule is c1ccc(-c2ccc3c(c2)c2cc(-c4ccccc4)ccc2n3-c2ccc(-c3nc(-c4ccccc4)nc(-c4cccc(-n5c6ccccc6c6ccccc65)c4)n3)cc2-c2ccccc2)cc1. The van der Waals surface area contributed by atoms with Crippen LogP contribution in [0.2, 0.25) is 0 Å². The van der Waals surface area contributed by atoms with Crippen LogP contribution in [0.15, 0.2) is 249 Å². The number of aromatic nitrogens is 5. The van der Waals surface area contributed by atoms with Crippen LogP contribution in [-0.2, 0) is 0 Å². The summed E-state index contributed by atoms with van der Waals surface area (Å²) in [4.78, 5) is 15.7. The van der Waals surface area contributed by atoms with Gasteiger partial charge in [0.1, 0.15) is 0 Å². The van der Waals surface area contributed by atoms with Gasteiger partial charge in [-0.15, -0.1) is 0 Å². The van der Waals surface area contributed by atoms with Gasteiger partial charge in [-0.25, -0.2) is 15.0 Å². The van der Waals surface area contributed by atoms with Crippen molar-refractivity contribution in [3.05, 3.63) is 249 Å². The summed E-state index contributed by atoms with van der Waals surface area (Å²) in [5.74, 6) is 1.82. The van der Waals surface area contributed by atoms with E-state index in [9.17, 15) is 0 Å². The van der Waals surface area contributed by atoms with Crippen molar-refractivity contribution in [3.8, 4) is 78.9 Å². The van der Waals surface area contributed by atoms with Gasteiger partial charge >= 0.3 is 0 Å². The van der Waals surface area contributed by atoms with E-state index >= 15 is 0 Å². The van der Waals surface area contributed by atoms with Gasteiger partial charge in [0, 0.05) is 49.5 Å². The Morgan fingerprint density at radius 2 is 0.647 bits per heavy atom. The van der Waals surface area contributed by atoms with E-state index in [0.29, 0.717) is 17.5 Å². The zero-order valence-electron chi connectivity index (χ0n) is 36.9. The lowest BCUT2D eigenvalue weighted by Crippen LogP contribution is -2.02. The molecule has 0 aliphatic heterocycles. The summed E-state index contributed by atoms with van der Waals surface area (Å²) in [7, 11) is 0. The Kier molecular flexibility index (Phi) is 9.43. The second kappa shape index (κ2) is 16.4. The third-order valence-corrected chi connectivity index (χ3v) is 13.2. The first-order chi connectivity index (χ1) is 33.7. The van der Waals surface area contributed by atoms with Crippen molar-refractivity contribution in [2.45, 2.75) is 0 Å². The first kappa shape index (κ1) is 39.2. The molecule has 0 radical (unpaired) electrons. The Bertz CT molecular complexity index is 3860. The van der Waals surface area contributed by atoms with Crippen LogP contribution in [0.5, 0.6) is 0 Å². The lowest BCUT2D eigenvalue weighted by atomic mass is 9.99. The molecule has 0 saturated carbocycles. The average molecular weight is 868 g/mol. The van der Waals surface area contributed by atoms with Crippen molar-refractivity contribution in [1.29, 1.82) is 0 Å². The van der Waals surface area contributed by atoms with E-state index in [1.807, 2.05) is 18.2 Å². The Morgan fingerprint density at radius 3 is 1.19 bits per heavy atom.